The molecule has 0 aliphatic rings. The van der Waals surface area contributed by atoms with Crippen LogP contribution in [0, 0.1) is 0 Å². The molecule has 0 aliphatic carbocycles. The molecule has 2 nitrogen and oxygen atoms in total. The average Bonchev–Trinajstić information content (AvgIpc) is 2.38. The zero-order valence-electron chi connectivity index (χ0n) is 6.00. The van der Waals surface area contributed by atoms with Crippen LogP contribution in [-0.2, 0) is 0 Å². The van der Waals surface area contributed by atoms with Gasteiger partial charge in [0.05, 0.1) is 6.26 Å². The van der Waals surface area contributed by atoms with E-state index in [0.29, 0.717) is 6.54 Å². The van der Waals surface area contributed by atoms with Crippen LogP contribution in [0.25, 0.3) is 5.57 Å². The lowest BCUT2D eigenvalue weighted by atomic mass is 10.2. The van der Waals surface area contributed by atoms with Crippen molar-refractivity contribution in [1.29, 1.82) is 0 Å². The molecule has 0 aromatic carbocycles. The summed E-state index contributed by atoms with van der Waals surface area (Å²) in [5.74, 6) is 0.894. The molecule has 0 bridgehead atoms. The van der Waals surface area contributed by atoms with Crippen molar-refractivity contribution < 1.29 is 4.42 Å². The molecule has 0 amide bonds. The molecule has 54 valence electrons. The molecule has 1 rings (SSSR count). The first-order chi connectivity index (χ1) is 4.84. The maximum Gasteiger partial charge on any atom is 0.129 e. The van der Waals surface area contributed by atoms with Crippen molar-refractivity contribution in [3.8, 4) is 0 Å². The minimum absolute atomic E-state index is 0.562. The minimum atomic E-state index is 0.562. The Hall–Kier alpha value is -1.02. The largest absolute Gasteiger partial charge is 0.465 e. The Labute approximate surface area is 60.3 Å². The molecule has 0 saturated carbocycles. The van der Waals surface area contributed by atoms with Crippen molar-refractivity contribution in [2.24, 2.45) is 5.73 Å². The predicted octanol–water partition coefficient (Wildman–Crippen LogP) is 1.64. The van der Waals surface area contributed by atoms with Crippen LogP contribution in [0.5, 0.6) is 0 Å². The molecule has 0 aliphatic heterocycles. The fraction of sp³-hybridized carbons (Fsp3) is 0.250. The van der Waals surface area contributed by atoms with Crippen molar-refractivity contribution in [3.63, 3.8) is 0 Å². The summed E-state index contributed by atoms with van der Waals surface area (Å²) in [5, 5.41) is 0. The summed E-state index contributed by atoms with van der Waals surface area (Å²) in [4.78, 5) is 0. The van der Waals surface area contributed by atoms with Crippen LogP contribution in [0.15, 0.2) is 28.9 Å². The molecule has 2 heteroatoms. The summed E-state index contributed by atoms with van der Waals surface area (Å²) in [7, 11) is 0. The van der Waals surface area contributed by atoms with Crippen molar-refractivity contribution in [3.05, 3.63) is 30.2 Å². The minimum Gasteiger partial charge on any atom is -0.465 e. The zero-order chi connectivity index (χ0) is 7.40. The van der Waals surface area contributed by atoms with Crippen LogP contribution in [0.1, 0.15) is 12.7 Å². The Kier molecular flexibility index (Phi) is 2.29. The molecule has 0 unspecified atom stereocenters. The van der Waals surface area contributed by atoms with Gasteiger partial charge >= 0.3 is 0 Å². The highest BCUT2D eigenvalue weighted by molar-refractivity contribution is 5.58. The van der Waals surface area contributed by atoms with Gasteiger partial charge in [-0.25, -0.2) is 0 Å². The second-order valence-electron chi connectivity index (χ2n) is 2.10. The standard InChI is InChI=1S/C8H11NO/c1-7(4-5-9)8-3-2-6-10-8/h2-4,6H,5,9H2,1H3/b7-4-. The van der Waals surface area contributed by atoms with E-state index in [9.17, 15) is 0 Å². The first kappa shape index (κ1) is 7.09. The van der Waals surface area contributed by atoms with E-state index in [2.05, 4.69) is 0 Å². The maximum absolute atomic E-state index is 5.32. The van der Waals surface area contributed by atoms with E-state index in [0.717, 1.165) is 11.3 Å². The average molecular weight is 137 g/mol. The molecule has 10 heavy (non-hydrogen) atoms. The number of allylic oxidation sites excluding steroid dienone is 1. The van der Waals surface area contributed by atoms with Gasteiger partial charge in [-0.2, -0.15) is 0 Å². The Morgan fingerprint density at radius 1 is 1.80 bits per heavy atom. The van der Waals surface area contributed by atoms with E-state index in [-0.39, 0.29) is 0 Å². The van der Waals surface area contributed by atoms with E-state index in [1.807, 2.05) is 25.1 Å². The van der Waals surface area contributed by atoms with Crippen molar-refractivity contribution in [2.45, 2.75) is 6.92 Å². The lowest BCUT2D eigenvalue weighted by Crippen LogP contribution is -1.93. The van der Waals surface area contributed by atoms with E-state index < -0.39 is 0 Å². The fourth-order valence-corrected chi connectivity index (χ4v) is 0.780. The smallest absolute Gasteiger partial charge is 0.129 e. The molecule has 0 fully saturated rings. The Bertz CT molecular complexity index is 211. The monoisotopic (exact) mass is 137 g/mol. The second-order valence-corrected chi connectivity index (χ2v) is 2.10. The quantitative estimate of drug-likeness (QED) is 0.673. The molecule has 0 radical (unpaired) electrons. The van der Waals surface area contributed by atoms with Crippen LogP contribution in [0.3, 0.4) is 0 Å². The number of furan rings is 1. The molecule has 0 atom stereocenters. The molecule has 0 spiro atoms. The number of nitrogens with two attached hydrogens (primary N) is 1. The van der Waals surface area contributed by atoms with Gasteiger partial charge in [0.25, 0.3) is 0 Å². The Morgan fingerprint density at radius 3 is 3.10 bits per heavy atom. The summed E-state index contributed by atoms with van der Waals surface area (Å²) in [6.07, 6.45) is 3.59. The molecule has 0 saturated heterocycles. The van der Waals surface area contributed by atoms with Gasteiger partial charge in [0.15, 0.2) is 0 Å². The summed E-state index contributed by atoms with van der Waals surface area (Å²) >= 11 is 0. The maximum atomic E-state index is 5.32. The lowest BCUT2D eigenvalue weighted by molar-refractivity contribution is 0.552. The SMILES string of the molecule is C/C(=C/CN)c1ccco1. The third-order valence-corrected chi connectivity index (χ3v) is 1.33. The van der Waals surface area contributed by atoms with Gasteiger partial charge < -0.3 is 10.2 Å². The van der Waals surface area contributed by atoms with E-state index >= 15 is 0 Å². The fourth-order valence-electron chi connectivity index (χ4n) is 0.780. The van der Waals surface area contributed by atoms with Crippen molar-refractivity contribution in [2.75, 3.05) is 6.54 Å². The van der Waals surface area contributed by atoms with Crippen LogP contribution in [0.2, 0.25) is 0 Å². The summed E-state index contributed by atoms with van der Waals surface area (Å²) in [6.45, 7) is 2.54. The third kappa shape index (κ3) is 1.48. The van der Waals surface area contributed by atoms with Gasteiger partial charge in [0, 0.05) is 6.54 Å². The van der Waals surface area contributed by atoms with Crippen LogP contribution >= 0.6 is 0 Å². The Morgan fingerprint density at radius 2 is 2.60 bits per heavy atom. The molecular formula is C8H11NO. The number of hydrogen-bond acceptors (Lipinski definition) is 2. The van der Waals surface area contributed by atoms with Crippen LogP contribution in [-0.4, -0.2) is 6.54 Å². The normalized spacial score (nSPS) is 12.0. The first-order valence-electron chi connectivity index (χ1n) is 3.25. The summed E-state index contributed by atoms with van der Waals surface area (Å²) < 4.78 is 5.12. The second kappa shape index (κ2) is 3.22. The van der Waals surface area contributed by atoms with Gasteiger partial charge in [-0.3, -0.25) is 0 Å². The Balaban J connectivity index is 2.77. The molecule has 1 aromatic rings. The van der Waals surface area contributed by atoms with E-state index in [4.69, 9.17) is 10.2 Å². The molecule has 2 N–H and O–H groups in total. The molecular weight excluding hydrogens is 126 g/mol. The van der Waals surface area contributed by atoms with Gasteiger partial charge in [-0.15, -0.1) is 0 Å². The highest BCUT2D eigenvalue weighted by atomic mass is 16.3. The summed E-state index contributed by atoms with van der Waals surface area (Å²) in [5.41, 5.74) is 6.41. The van der Waals surface area contributed by atoms with Crippen molar-refractivity contribution in [1.82, 2.24) is 0 Å². The molecule has 1 heterocycles. The predicted molar refractivity (Wildman–Crippen MR) is 41.4 cm³/mol. The third-order valence-electron chi connectivity index (χ3n) is 1.33. The number of hydrogen-bond donors (Lipinski definition) is 1. The topological polar surface area (TPSA) is 39.2 Å². The molecule has 1 aromatic heterocycles. The van der Waals surface area contributed by atoms with Crippen LogP contribution in [0.4, 0.5) is 0 Å². The van der Waals surface area contributed by atoms with E-state index in [1.165, 1.54) is 0 Å². The van der Waals surface area contributed by atoms with Gasteiger partial charge in [0.1, 0.15) is 5.76 Å². The highest BCUT2D eigenvalue weighted by Crippen LogP contribution is 2.12. The number of rotatable bonds is 2. The van der Waals surface area contributed by atoms with E-state index in [1.54, 1.807) is 6.26 Å². The zero-order valence-corrected chi connectivity index (χ0v) is 6.00. The summed E-state index contributed by atoms with van der Waals surface area (Å²) in [6, 6.07) is 3.78. The lowest BCUT2D eigenvalue weighted by Gasteiger charge is -1.92. The van der Waals surface area contributed by atoms with Crippen molar-refractivity contribution >= 4 is 5.57 Å². The van der Waals surface area contributed by atoms with Gasteiger partial charge in [-0.05, 0) is 24.6 Å². The van der Waals surface area contributed by atoms with Crippen LogP contribution < -0.4 is 5.73 Å². The van der Waals surface area contributed by atoms with Gasteiger partial charge in [0.2, 0.25) is 0 Å². The highest BCUT2D eigenvalue weighted by Gasteiger charge is 1.94. The van der Waals surface area contributed by atoms with Gasteiger partial charge in [-0.1, -0.05) is 6.08 Å². The first-order valence-corrected chi connectivity index (χ1v) is 3.25.